The number of carboxylic acid groups (broad SMARTS) is 1. The largest absolute Gasteiger partial charge is 0.479 e. The van der Waals surface area contributed by atoms with E-state index < -0.39 is 23.7 Å². The zero-order valence-corrected chi connectivity index (χ0v) is 9.17. The normalized spacial score (nSPS) is 19.9. The molecule has 1 fully saturated rings. The molecule has 0 aliphatic carbocycles. The lowest BCUT2D eigenvalue weighted by Crippen LogP contribution is -2.63. The van der Waals surface area contributed by atoms with Crippen LogP contribution in [0.4, 0.5) is 18.0 Å². The first kappa shape index (κ1) is 13.6. The van der Waals surface area contributed by atoms with E-state index in [0.29, 0.717) is 32.9 Å². The smallest absolute Gasteiger partial charge is 0.422 e. The first-order chi connectivity index (χ1) is 7.68. The van der Waals surface area contributed by atoms with E-state index in [2.05, 4.69) is 0 Å². The van der Waals surface area contributed by atoms with Crippen molar-refractivity contribution >= 4 is 12.0 Å². The van der Waals surface area contributed by atoms with Crippen LogP contribution in [0.3, 0.4) is 0 Å². The molecule has 5 nitrogen and oxygen atoms in total. The van der Waals surface area contributed by atoms with Crippen molar-refractivity contribution in [2.24, 2.45) is 0 Å². The molecule has 1 aliphatic heterocycles. The number of likely N-dealkylation sites (tertiary alicyclic amines) is 1. The highest BCUT2D eigenvalue weighted by atomic mass is 19.4. The van der Waals surface area contributed by atoms with E-state index in [-0.39, 0.29) is 0 Å². The van der Waals surface area contributed by atoms with E-state index in [4.69, 9.17) is 5.11 Å². The number of hydrogen-bond donors (Lipinski definition) is 2. The van der Waals surface area contributed by atoms with E-state index in [0.717, 1.165) is 0 Å². The van der Waals surface area contributed by atoms with Crippen LogP contribution < -0.4 is 5.32 Å². The minimum atomic E-state index is -5.05. The number of halogens is 3. The van der Waals surface area contributed by atoms with Gasteiger partial charge in [0.15, 0.2) is 0 Å². The second-order valence-electron chi connectivity index (χ2n) is 4.05. The molecule has 1 unspecified atom stereocenters. The highest BCUT2D eigenvalue weighted by Gasteiger charge is 2.58. The topological polar surface area (TPSA) is 69.6 Å². The van der Waals surface area contributed by atoms with Gasteiger partial charge in [-0.15, -0.1) is 0 Å². The van der Waals surface area contributed by atoms with Crippen molar-refractivity contribution in [1.82, 2.24) is 10.2 Å². The number of carbonyl (C=O) groups is 2. The first-order valence-corrected chi connectivity index (χ1v) is 5.05. The molecular formula is C9H13F3N2O3. The van der Waals surface area contributed by atoms with Gasteiger partial charge in [-0.25, -0.2) is 9.59 Å². The van der Waals surface area contributed by atoms with Gasteiger partial charge in [0.1, 0.15) is 0 Å². The Morgan fingerprint density at radius 1 is 1.24 bits per heavy atom. The Morgan fingerprint density at radius 3 is 2.06 bits per heavy atom. The summed E-state index contributed by atoms with van der Waals surface area (Å²) < 4.78 is 37.8. The summed E-state index contributed by atoms with van der Waals surface area (Å²) in [6.07, 6.45) is -3.62. The Bertz CT molecular complexity index is 326. The number of nitrogens with zero attached hydrogens (tertiary/aromatic N) is 1. The van der Waals surface area contributed by atoms with Crippen LogP contribution in [0.15, 0.2) is 0 Å². The van der Waals surface area contributed by atoms with Crippen LogP contribution in [0.25, 0.3) is 0 Å². The maximum atomic E-state index is 12.6. The van der Waals surface area contributed by atoms with Crippen molar-refractivity contribution in [2.45, 2.75) is 31.5 Å². The van der Waals surface area contributed by atoms with Crippen LogP contribution in [0.1, 0.15) is 19.8 Å². The number of urea groups is 1. The summed E-state index contributed by atoms with van der Waals surface area (Å²) >= 11 is 0. The van der Waals surface area contributed by atoms with Crippen molar-refractivity contribution in [3.63, 3.8) is 0 Å². The Balaban J connectivity index is 2.80. The van der Waals surface area contributed by atoms with Crippen LogP contribution in [-0.4, -0.2) is 46.8 Å². The average Bonchev–Trinajstić information content (AvgIpc) is 2.67. The summed E-state index contributed by atoms with van der Waals surface area (Å²) in [7, 11) is 0. The molecule has 1 saturated heterocycles. The minimum absolute atomic E-state index is 0.347. The van der Waals surface area contributed by atoms with Crippen LogP contribution in [0.2, 0.25) is 0 Å². The van der Waals surface area contributed by atoms with Crippen molar-refractivity contribution in [3.05, 3.63) is 0 Å². The molecule has 8 heteroatoms. The van der Waals surface area contributed by atoms with Gasteiger partial charge in [-0.1, -0.05) is 0 Å². The van der Waals surface area contributed by atoms with Crippen LogP contribution in [0, 0.1) is 0 Å². The first-order valence-electron chi connectivity index (χ1n) is 5.05. The van der Waals surface area contributed by atoms with Gasteiger partial charge in [-0.3, -0.25) is 0 Å². The van der Waals surface area contributed by atoms with E-state index in [1.54, 1.807) is 0 Å². The van der Waals surface area contributed by atoms with Crippen LogP contribution >= 0.6 is 0 Å². The van der Waals surface area contributed by atoms with Crippen LogP contribution in [0.5, 0.6) is 0 Å². The molecule has 2 N–H and O–H groups in total. The molecule has 17 heavy (non-hydrogen) atoms. The van der Waals surface area contributed by atoms with Gasteiger partial charge in [0.2, 0.25) is 5.54 Å². The van der Waals surface area contributed by atoms with Gasteiger partial charge in [0, 0.05) is 13.1 Å². The highest BCUT2D eigenvalue weighted by Crippen LogP contribution is 2.30. The zero-order valence-electron chi connectivity index (χ0n) is 9.17. The maximum Gasteiger partial charge on any atom is 0.422 e. The number of amides is 2. The standard InChI is InChI=1S/C9H13F3N2O3/c1-8(6(15)16,9(10,11)12)13-7(17)14-4-2-3-5-14/h2-5H2,1H3,(H,13,17)(H,15,16). The van der Waals surface area contributed by atoms with Gasteiger partial charge in [0.05, 0.1) is 0 Å². The summed E-state index contributed by atoms with van der Waals surface area (Å²) in [6.45, 7) is 1.13. The summed E-state index contributed by atoms with van der Waals surface area (Å²) in [6, 6.07) is -0.996. The van der Waals surface area contributed by atoms with Crippen molar-refractivity contribution in [1.29, 1.82) is 0 Å². The predicted molar refractivity (Wildman–Crippen MR) is 51.4 cm³/mol. The lowest BCUT2D eigenvalue weighted by atomic mass is 10.0. The Morgan fingerprint density at radius 2 is 1.71 bits per heavy atom. The summed E-state index contributed by atoms with van der Waals surface area (Å²) in [5.74, 6) is -2.13. The molecule has 2 amide bonds. The Hall–Kier alpha value is -1.47. The van der Waals surface area contributed by atoms with E-state index in [1.807, 2.05) is 0 Å². The molecular weight excluding hydrogens is 241 g/mol. The highest BCUT2D eigenvalue weighted by molar-refractivity contribution is 5.86. The molecule has 98 valence electrons. The van der Waals surface area contributed by atoms with Gasteiger partial charge in [-0.2, -0.15) is 13.2 Å². The monoisotopic (exact) mass is 254 g/mol. The molecule has 0 saturated carbocycles. The third kappa shape index (κ3) is 2.62. The summed E-state index contributed by atoms with van der Waals surface area (Å²) in [5.41, 5.74) is -3.26. The molecule has 1 aliphatic rings. The van der Waals surface area contributed by atoms with Gasteiger partial charge >= 0.3 is 18.2 Å². The summed E-state index contributed by atoms with van der Waals surface area (Å²) in [4.78, 5) is 23.3. The fraction of sp³-hybridized carbons (Fsp3) is 0.778. The Kier molecular flexibility index (Phi) is 3.53. The SMILES string of the molecule is CC(NC(=O)N1CCCC1)(C(=O)O)C(F)(F)F. The molecule has 0 aromatic carbocycles. The number of hydrogen-bond acceptors (Lipinski definition) is 2. The number of aliphatic carboxylic acids is 1. The van der Waals surface area contributed by atoms with Gasteiger partial charge in [-0.05, 0) is 19.8 Å². The number of carbonyl (C=O) groups excluding carboxylic acids is 1. The van der Waals surface area contributed by atoms with E-state index in [9.17, 15) is 22.8 Å². The average molecular weight is 254 g/mol. The maximum absolute atomic E-state index is 12.6. The van der Waals surface area contributed by atoms with Crippen molar-refractivity contribution < 1.29 is 27.9 Å². The molecule has 1 atom stereocenters. The molecule has 0 aromatic rings. The number of rotatable bonds is 2. The number of nitrogens with one attached hydrogen (secondary N) is 1. The lowest BCUT2D eigenvalue weighted by molar-refractivity contribution is -0.203. The molecule has 0 radical (unpaired) electrons. The molecule has 1 rings (SSSR count). The third-order valence-electron chi connectivity index (χ3n) is 2.74. The minimum Gasteiger partial charge on any atom is -0.479 e. The fourth-order valence-electron chi connectivity index (χ4n) is 1.46. The van der Waals surface area contributed by atoms with Gasteiger partial charge < -0.3 is 15.3 Å². The zero-order chi connectivity index (χ0) is 13.3. The molecule has 0 aromatic heterocycles. The fourth-order valence-corrected chi connectivity index (χ4v) is 1.46. The number of alkyl halides is 3. The van der Waals surface area contributed by atoms with Crippen molar-refractivity contribution in [2.75, 3.05) is 13.1 Å². The van der Waals surface area contributed by atoms with E-state index >= 15 is 0 Å². The predicted octanol–water partition coefficient (Wildman–Crippen LogP) is 1.20. The number of carboxylic acids is 1. The van der Waals surface area contributed by atoms with Crippen LogP contribution in [-0.2, 0) is 4.79 Å². The summed E-state index contributed by atoms with van der Waals surface area (Å²) in [5, 5.41) is 10.1. The second-order valence-corrected chi connectivity index (χ2v) is 4.05. The van der Waals surface area contributed by atoms with E-state index in [1.165, 1.54) is 10.2 Å². The molecule has 0 bridgehead atoms. The Labute approximate surface area is 95.6 Å². The second kappa shape index (κ2) is 4.42. The quantitative estimate of drug-likeness (QED) is 0.777. The lowest BCUT2D eigenvalue weighted by Gasteiger charge is -2.30. The molecule has 0 spiro atoms. The third-order valence-corrected chi connectivity index (χ3v) is 2.74. The molecule has 1 heterocycles. The van der Waals surface area contributed by atoms with Gasteiger partial charge in [0.25, 0.3) is 0 Å². The van der Waals surface area contributed by atoms with Crippen molar-refractivity contribution in [3.8, 4) is 0 Å².